The van der Waals surface area contributed by atoms with Crippen LogP contribution in [0.25, 0.3) is 5.65 Å². The Kier molecular flexibility index (Phi) is 4.83. The molecule has 0 aliphatic carbocycles. The second kappa shape index (κ2) is 7.05. The van der Waals surface area contributed by atoms with Crippen molar-refractivity contribution in [3.05, 3.63) is 58.8 Å². The highest BCUT2D eigenvalue weighted by Crippen LogP contribution is 2.23. The molecule has 0 amide bonds. The highest BCUT2D eigenvalue weighted by Gasteiger charge is 2.15. The number of nitrogens with zero attached hydrogens (tertiary/aromatic N) is 3. The number of pyridine rings is 2. The molecule has 0 radical (unpaired) electrons. The van der Waals surface area contributed by atoms with E-state index in [0.29, 0.717) is 18.1 Å². The summed E-state index contributed by atoms with van der Waals surface area (Å²) in [5.41, 5.74) is 5.34. The predicted molar refractivity (Wildman–Crippen MR) is 97.5 cm³/mol. The molecule has 0 saturated carbocycles. The highest BCUT2D eigenvalue weighted by atomic mass is 16.5. The predicted octanol–water partition coefficient (Wildman–Crippen LogP) is 3.73. The monoisotopic (exact) mass is 337 g/mol. The Balaban J connectivity index is 1.96. The van der Waals surface area contributed by atoms with Gasteiger partial charge in [0, 0.05) is 36.6 Å². The van der Waals surface area contributed by atoms with Crippen LogP contribution in [-0.2, 0) is 12.8 Å². The van der Waals surface area contributed by atoms with Gasteiger partial charge in [0.15, 0.2) is 5.78 Å². The van der Waals surface area contributed by atoms with Crippen molar-refractivity contribution in [3.8, 4) is 5.75 Å². The first-order valence-electron chi connectivity index (χ1n) is 8.61. The molecule has 3 aromatic rings. The molecule has 0 aromatic carbocycles. The molecule has 0 spiro atoms. The van der Waals surface area contributed by atoms with Gasteiger partial charge in [-0.25, -0.2) is 4.98 Å². The molecule has 5 nitrogen and oxygen atoms in total. The first kappa shape index (κ1) is 17.1. The Morgan fingerprint density at radius 1 is 1.16 bits per heavy atom. The van der Waals surface area contributed by atoms with Crippen molar-refractivity contribution in [2.24, 2.45) is 0 Å². The van der Waals surface area contributed by atoms with Crippen LogP contribution in [0.2, 0.25) is 0 Å². The number of aryl methyl sites for hydroxylation is 3. The molecule has 3 heterocycles. The summed E-state index contributed by atoms with van der Waals surface area (Å²) < 4.78 is 7.70. The summed E-state index contributed by atoms with van der Waals surface area (Å²) in [5, 5.41) is 0. The van der Waals surface area contributed by atoms with Crippen molar-refractivity contribution in [1.82, 2.24) is 14.4 Å². The second-order valence-corrected chi connectivity index (χ2v) is 6.20. The van der Waals surface area contributed by atoms with Crippen LogP contribution in [0, 0.1) is 13.8 Å². The summed E-state index contributed by atoms with van der Waals surface area (Å²) in [6.45, 7) is 8.52. The Hall–Kier alpha value is -2.69. The van der Waals surface area contributed by atoms with Crippen LogP contribution in [0.3, 0.4) is 0 Å². The maximum Gasteiger partial charge on any atom is 0.185 e. The van der Waals surface area contributed by atoms with E-state index in [1.165, 1.54) is 0 Å². The number of fused-ring (bicyclic) bond motifs is 1. The van der Waals surface area contributed by atoms with E-state index in [-0.39, 0.29) is 12.2 Å². The van der Waals surface area contributed by atoms with Gasteiger partial charge in [-0.15, -0.1) is 0 Å². The molecule has 0 bridgehead atoms. The largest absolute Gasteiger partial charge is 0.493 e. The van der Waals surface area contributed by atoms with Crippen LogP contribution in [0.4, 0.5) is 0 Å². The van der Waals surface area contributed by atoms with Crippen molar-refractivity contribution in [3.63, 3.8) is 0 Å². The van der Waals surface area contributed by atoms with Gasteiger partial charge in [-0.1, -0.05) is 6.92 Å². The Bertz CT molecular complexity index is 928. The van der Waals surface area contributed by atoms with E-state index in [0.717, 1.165) is 34.5 Å². The first-order chi connectivity index (χ1) is 12.0. The van der Waals surface area contributed by atoms with Gasteiger partial charge in [-0.2, -0.15) is 0 Å². The van der Waals surface area contributed by atoms with Crippen molar-refractivity contribution in [2.75, 3.05) is 6.61 Å². The number of imidazole rings is 1. The molecule has 0 atom stereocenters. The van der Waals surface area contributed by atoms with E-state index >= 15 is 0 Å². The third kappa shape index (κ3) is 3.55. The van der Waals surface area contributed by atoms with Gasteiger partial charge in [0.2, 0.25) is 0 Å². The van der Waals surface area contributed by atoms with Crippen LogP contribution in [0.5, 0.6) is 5.75 Å². The number of ketones is 1. The molecule has 3 aromatic heterocycles. The molecule has 0 N–H and O–H groups in total. The maximum absolute atomic E-state index is 12.7. The molecular formula is C20H23N3O2. The summed E-state index contributed by atoms with van der Waals surface area (Å²) >= 11 is 0. The average Bonchev–Trinajstić information content (AvgIpc) is 2.99. The Morgan fingerprint density at radius 3 is 2.64 bits per heavy atom. The molecular weight excluding hydrogens is 314 g/mol. The number of rotatable bonds is 6. The molecule has 0 aliphatic rings. The van der Waals surface area contributed by atoms with Gasteiger partial charge in [0.1, 0.15) is 17.1 Å². The highest BCUT2D eigenvalue weighted by molar-refractivity contribution is 5.96. The number of carbonyl (C=O) groups excluding carboxylic acids is 1. The van der Waals surface area contributed by atoms with Gasteiger partial charge in [0.25, 0.3) is 0 Å². The van der Waals surface area contributed by atoms with Crippen LogP contribution in [0.1, 0.15) is 46.7 Å². The average molecular weight is 337 g/mol. The lowest BCUT2D eigenvalue weighted by Crippen LogP contribution is -2.09. The Morgan fingerprint density at radius 2 is 1.96 bits per heavy atom. The summed E-state index contributed by atoms with van der Waals surface area (Å²) in [6.07, 6.45) is 6.80. The fourth-order valence-electron chi connectivity index (χ4n) is 2.75. The summed E-state index contributed by atoms with van der Waals surface area (Å²) in [6, 6.07) is 3.75. The smallest absolute Gasteiger partial charge is 0.185 e. The van der Waals surface area contributed by atoms with Crippen LogP contribution in [-0.4, -0.2) is 26.8 Å². The van der Waals surface area contributed by atoms with Gasteiger partial charge < -0.3 is 9.14 Å². The standard InChI is InChI=1S/C20H23N3O2/c1-5-16-12-23-11-15(19(25-6-2)9-20(23)22-16)8-18(24)17-7-13(3)14(4)10-21-17/h7,9-12H,5-6,8H2,1-4H3. The number of aromatic nitrogens is 3. The van der Waals surface area contributed by atoms with E-state index in [4.69, 9.17) is 4.74 Å². The number of Topliss-reactive ketones (excluding diaryl/α,β-unsaturated/α-hetero) is 1. The van der Waals surface area contributed by atoms with Crippen LogP contribution < -0.4 is 4.74 Å². The lowest BCUT2D eigenvalue weighted by molar-refractivity contribution is 0.0987. The first-order valence-corrected chi connectivity index (χ1v) is 8.61. The topological polar surface area (TPSA) is 56.5 Å². The van der Waals surface area contributed by atoms with Crippen LogP contribution >= 0.6 is 0 Å². The molecule has 0 fully saturated rings. The number of hydrogen-bond donors (Lipinski definition) is 0. The summed E-state index contributed by atoms with van der Waals surface area (Å²) in [7, 11) is 0. The van der Waals surface area contributed by atoms with Crippen molar-refractivity contribution in [2.45, 2.75) is 40.5 Å². The van der Waals surface area contributed by atoms with Gasteiger partial charge in [0.05, 0.1) is 12.3 Å². The van der Waals surface area contributed by atoms with Gasteiger partial charge >= 0.3 is 0 Å². The Labute approximate surface area is 147 Å². The zero-order chi connectivity index (χ0) is 18.0. The second-order valence-electron chi connectivity index (χ2n) is 6.20. The van der Waals surface area contributed by atoms with Crippen LogP contribution in [0.15, 0.2) is 30.7 Å². The minimum absolute atomic E-state index is 0.0146. The van der Waals surface area contributed by atoms with Gasteiger partial charge in [-0.3, -0.25) is 9.78 Å². The summed E-state index contributed by atoms with van der Waals surface area (Å²) in [5.74, 6) is 0.694. The van der Waals surface area contributed by atoms with Crippen molar-refractivity contribution in [1.29, 1.82) is 0 Å². The van der Waals surface area contributed by atoms with Gasteiger partial charge in [-0.05, 0) is 44.4 Å². The SMILES string of the molecule is CCOc1cc2nc(CC)cn2cc1CC(=O)c1cc(C)c(C)cn1. The lowest BCUT2D eigenvalue weighted by Gasteiger charge is -2.11. The normalized spacial score (nSPS) is 11.0. The molecule has 5 heteroatoms. The van der Waals surface area contributed by atoms with E-state index in [2.05, 4.69) is 16.9 Å². The van der Waals surface area contributed by atoms with E-state index in [1.54, 1.807) is 6.20 Å². The minimum atomic E-state index is -0.0146. The lowest BCUT2D eigenvalue weighted by atomic mass is 10.0. The number of hydrogen-bond acceptors (Lipinski definition) is 4. The molecule has 25 heavy (non-hydrogen) atoms. The van der Waals surface area contributed by atoms with E-state index in [9.17, 15) is 4.79 Å². The quantitative estimate of drug-likeness (QED) is 0.643. The molecule has 0 unspecified atom stereocenters. The number of ether oxygens (including phenoxy) is 1. The summed E-state index contributed by atoms with van der Waals surface area (Å²) in [4.78, 5) is 21.5. The molecule has 3 rings (SSSR count). The number of carbonyl (C=O) groups is 1. The molecule has 0 saturated heterocycles. The third-order valence-corrected chi connectivity index (χ3v) is 4.35. The zero-order valence-corrected chi connectivity index (χ0v) is 15.2. The van der Waals surface area contributed by atoms with E-state index in [1.807, 2.05) is 49.7 Å². The fourth-order valence-corrected chi connectivity index (χ4v) is 2.75. The molecule has 130 valence electrons. The minimum Gasteiger partial charge on any atom is -0.493 e. The van der Waals surface area contributed by atoms with Crippen molar-refractivity contribution >= 4 is 11.4 Å². The van der Waals surface area contributed by atoms with E-state index < -0.39 is 0 Å². The maximum atomic E-state index is 12.7. The zero-order valence-electron chi connectivity index (χ0n) is 15.2. The molecule has 0 aliphatic heterocycles. The fraction of sp³-hybridized carbons (Fsp3) is 0.350. The van der Waals surface area contributed by atoms with Crippen molar-refractivity contribution < 1.29 is 9.53 Å². The third-order valence-electron chi connectivity index (χ3n) is 4.35.